The zero-order valence-electron chi connectivity index (χ0n) is 19.9. The lowest BCUT2D eigenvalue weighted by Gasteiger charge is -2.44. The fourth-order valence-electron chi connectivity index (χ4n) is 6.84. The molecule has 1 amide bonds. The number of hydrogen-bond donors (Lipinski definition) is 1. The van der Waals surface area contributed by atoms with Gasteiger partial charge in [-0.2, -0.15) is 5.26 Å². The summed E-state index contributed by atoms with van der Waals surface area (Å²) in [6, 6.07) is 8.74. The van der Waals surface area contributed by atoms with Gasteiger partial charge in [-0.25, -0.2) is 4.39 Å². The minimum absolute atomic E-state index is 0.0233. The first-order valence-electron chi connectivity index (χ1n) is 12.9. The highest BCUT2D eigenvalue weighted by atomic mass is 19.1. The quantitative estimate of drug-likeness (QED) is 0.666. The second kappa shape index (κ2) is 9.67. The Morgan fingerprint density at radius 2 is 1.91 bits per heavy atom. The van der Waals surface area contributed by atoms with E-state index in [9.17, 15) is 14.4 Å². The number of hydrogen-bond acceptors (Lipinski definition) is 5. The lowest BCUT2D eigenvalue weighted by Crippen LogP contribution is -2.55. The third-order valence-corrected chi connectivity index (χ3v) is 8.55. The number of benzene rings is 1. The normalized spacial score (nSPS) is 29.4. The topological polar surface area (TPSA) is 76.6 Å². The van der Waals surface area contributed by atoms with Crippen LogP contribution in [0.1, 0.15) is 63.0 Å². The van der Waals surface area contributed by atoms with Crippen LogP contribution in [0, 0.1) is 23.1 Å². The molecule has 7 heteroatoms. The molecule has 2 unspecified atom stereocenters. The highest BCUT2D eigenvalue weighted by Crippen LogP contribution is 2.45. The number of amides is 1. The smallest absolute Gasteiger partial charge is 0.240 e. The Labute approximate surface area is 202 Å². The van der Waals surface area contributed by atoms with Crippen molar-refractivity contribution >= 4 is 5.91 Å². The number of rotatable bonds is 7. The van der Waals surface area contributed by atoms with Crippen molar-refractivity contribution in [1.29, 1.82) is 5.26 Å². The molecule has 5 atom stereocenters. The van der Waals surface area contributed by atoms with Crippen LogP contribution in [0.4, 0.5) is 4.39 Å². The molecule has 3 saturated heterocycles. The SMILES string of the molecule is C=C([C@@H](N)CN1CC2CC1C(=O)N2[C@H](c1ccc(F)cc1)C1CCCCC1)N1CCC[C@H]1C#N. The molecular formula is C27H36FN5O. The maximum absolute atomic E-state index is 13.7. The van der Waals surface area contributed by atoms with Gasteiger partial charge in [0.25, 0.3) is 0 Å². The van der Waals surface area contributed by atoms with Crippen LogP contribution in [0.15, 0.2) is 36.5 Å². The summed E-state index contributed by atoms with van der Waals surface area (Å²) in [5, 5.41) is 9.41. The van der Waals surface area contributed by atoms with Crippen molar-refractivity contribution in [1.82, 2.24) is 14.7 Å². The van der Waals surface area contributed by atoms with E-state index >= 15 is 0 Å². The molecule has 4 fully saturated rings. The summed E-state index contributed by atoms with van der Waals surface area (Å²) in [5.74, 6) is 0.374. The van der Waals surface area contributed by atoms with Gasteiger partial charge in [-0.3, -0.25) is 9.69 Å². The van der Waals surface area contributed by atoms with Gasteiger partial charge in [0.2, 0.25) is 5.91 Å². The summed E-state index contributed by atoms with van der Waals surface area (Å²) in [7, 11) is 0. The highest BCUT2D eigenvalue weighted by Gasteiger charge is 2.53. The van der Waals surface area contributed by atoms with Crippen molar-refractivity contribution in [3.63, 3.8) is 0 Å². The van der Waals surface area contributed by atoms with Gasteiger partial charge in [0.15, 0.2) is 0 Å². The third kappa shape index (κ3) is 4.23. The number of likely N-dealkylation sites (tertiary alicyclic amines) is 3. The van der Waals surface area contributed by atoms with Gasteiger partial charge in [0, 0.05) is 31.4 Å². The van der Waals surface area contributed by atoms with Crippen LogP contribution in [0.2, 0.25) is 0 Å². The summed E-state index contributed by atoms with van der Waals surface area (Å²) in [6.45, 7) is 6.42. The number of nitriles is 1. The van der Waals surface area contributed by atoms with E-state index in [0.29, 0.717) is 12.5 Å². The van der Waals surface area contributed by atoms with E-state index in [1.807, 2.05) is 17.0 Å². The predicted octanol–water partition coefficient (Wildman–Crippen LogP) is 3.56. The van der Waals surface area contributed by atoms with Crippen LogP contribution >= 0.6 is 0 Å². The molecule has 0 spiro atoms. The number of fused-ring (bicyclic) bond motifs is 2. The Morgan fingerprint density at radius 1 is 1.18 bits per heavy atom. The summed E-state index contributed by atoms with van der Waals surface area (Å²) in [4.78, 5) is 20.1. The number of piperazine rings is 1. The molecule has 4 aliphatic rings. The summed E-state index contributed by atoms with van der Waals surface area (Å²) in [5.41, 5.74) is 8.40. The first-order valence-corrected chi connectivity index (χ1v) is 12.9. The zero-order chi connectivity index (χ0) is 23.8. The van der Waals surface area contributed by atoms with E-state index in [4.69, 9.17) is 5.73 Å². The fourth-order valence-corrected chi connectivity index (χ4v) is 6.84. The number of carbonyl (C=O) groups excluding carboxylic acids is 1. The van der Waals surface area contributed by atoms with Crippen molar-refractivity contribution in [2.45, 2.75) is 81.6 Å². The van der Waals surface area contributed by atoms with E-state index in [1.54, 1.807) is 0 Å². The fraction of sp³-hybridized carbons (Fsp3) is 0.630. The number of nitrogens with two attached hydrogens (primary N) is 1. The molecule has 182 valence electrons. The molecule has 1 aromatic rings. The van der Waals surface area contributed by atoms with Crippen molar-refractivity contribution in [2.75, 3.05) is 19.6 Å². The molecule has 1 saturated carbocycles. The van der Waals surface area contributed by atoms with E-state index < -0.39 is 0 Å². The molecule has 3 heterocycles. The largest absolute Gasteiger partial charge is 0.358 e. The molecule has 1 aliphatic carbocycles. The predicted molar refractivity (Wildman–Crippen MR) is 129 cm³/mol. The van der Waals surface area contributed by atoms with Crippen molar-refractivity contribution < 1.29 is 9.18 Å². The highest BCUT2D eigenvalue weighted by molar-refractivity contribution is 5.86. The van der Waals surface area contributed by atoms with Crippen LogP contribution in [0.5, 0.6) is 0 Å². The van der Waals surface area contributed by atoms with E-state index in [0.717, 1.165) is 56.5 Å². The average molecular weight is 466 g/mol. The minimum Gasteiger partial charge on any atom is -0.358 e. The molecule has 2 N–H and O–H groups in total. The molecular weight excluding hydrogens is 429 g/mol. The van der Waals surface area contributed by atoms with Crippen LogP contribution < -0.4 is 5.73 Å². The van der Waals surface area contributed by atoms with E-state index in [2.05, 4.69) is 22.4 Å². The summed E-state index contributed by atoms with van der Waals surface area (Å²) in [6.07, 6.45) is 8.55. The van der Waals surface area contributed by atoms with Gasteiger partial charge >= 0.3 is 0 Å². The number of nitrogens with zero attached hydrogens (tertiary/aromatic N) is 4. The van der Waals surface area contributed by atoms with Crippen molar-refractivity contribution in [3.05, 3.63) is 47.9 Å². The van der Waals surface area contributed by atoms with Gasteiger partial charge in [-0.05, 0) is 55.7 Å². The summed E-state index contributed by atoms with van der Waals surface area (Å²) >= 11 is 0. The first kappa shape index (κ1) is 23.3. The lowest BCUT2D eigenvalue weighted by molar-refractivity contribution is -0.141. The van der Waals surface area contributed by atoms with Crippen LogP contribution in [0.3, 0.4) is 0 Å². The molecule has 5 rings (SSSR count). The molecule has 34 heavy (non-hydrogen) atoms. The Morgan fingerprint density at radius 3 is 2.59 bits per heavy atom. The second-order valence-corrected chi connectivity index (χ2v) is 10.6. The monoisotopic (exact) mass is 465 g/mol. The maximum Gasteiger partial charge on any atom is 0.240 e. The molecule has 0 aromatic heterocycles. The molecule has 6 nitrogen and oxygen atoms in total. The molecule has 2 bridgehead atoms. The van der Waals surface area contributed by atoms with Gasteiger partial charge in [-0.1, -0.05) is 38.0 Å². The van der Waals surface area contributed by atoms with Gasteiger partial charge < -0.3 is 15.5 Å². The lowest BCUT2D eigenvalue weighted by atomic mass is 9.80. The van der Waals surface area contributed by atoms with Crippen LogP contribution in [0.25, 0.3) is 0 Å². The minimum atomic E-state index is -0.291. The van der Waals surface area contributed by atoms with Gasteiger partial charge in [0.05, 0.1) is 24.2 Å². The van der Waals surface area contributed by atoms with Crippen molar-refractivity contribution in [3.8, 4) is 6.07 Å². The van der Waals surface area contributed by atoms with E-state index in [-0.39, 0.29) is 41.9 Å². The third-order valence-electron chi connectivity index (χ3n) is 8.55. The second-order valence-electron chi connectivity index (χ2n) is 10.6. The average Bonchev–Trinajstić information content (AvgIpc) is 3.56. The Kier molecular flexibility index (Phi) is 6.63. The summed E-state index contributed by atoms with van der Waals surface area (Å²) < 4.78 is 13.7. The van der Waals surface area contributed by atoms with Crippen molar-refractivity contribution in [2.24, 2.45) is 11.7 Å². The Hall–Kier alpha value is -2.43. The Balaban J connectivity index is 1.30. The first-order chi connectivity index (χ1) is 16.5. The van der Waals surface area contributed by atoms with Gasteiger partial charge in [-0.15, -0.1) is 0 Å². The van der Waals surface area contributed by atoms with Gasteiger partial charge in [0.1, 0.15) is 11.9 Å². The molecule has 0 radical (unpaired) electrons. The zero-order valence-corrected chi connectivity index (χ0v) is 19.9. The molecule has 1 aromatic carbocycles. The van der Waals surface area contributed by atoms with Crippen LogP contribution in [-0.2, 0) is 4.79 Å². The molecule has 3 aliphatic heterocycles. The van der Waals surface area contributed by atoms with E-state index in [1.165, 1.54) is 31.4 Å². The standard InChI is InChI=1S/C27H36FN5O/c1-18(32-13-5-8-22(32)15-29)24(30)17-31-16-23-14-25(31)27(34)33(23)26(19-6-3-2-4-7-19)20-9-11-21(28)12-10-20/h9-12,19,22-26H,1-8,13-14,16-17,30H2/t22-,23?,24-,25?,26-/m0/s1. The maximum atomic E-state index is 13.7. The number of halogens is 1. The van der Waals surface area contributed by atoms with Crippen LogP contribution in [-0.4, -0.2) is 64.4 Å². The number of carbonyl (C=O) groups is 1. The Bertz CT molecular complexity index is 953.